The lowest BCUT2D eigenvalue weighted by Crippen LogP contribution is -2.51. The molecule has 1 aliphatic rings. The fourth-order valence-corrected chi connectivity index (χ4v) is 2.18. The van der Waals surface area contributed by atoms with Crippen LogP contribution in [-0.2, 0) is 4.79 Å². The first-order chi connectivity index (χ1) is 7.50. The van der Waals surface area contributed by atoms with Crippen molar-refractivity contribution in [3.05, 3.63) is 0 Å². The van der Waals surface area contributed by atoms with Crippen molar-refractivity contribution in [2.75, 3.05) is 0 Å². The lowest BCUT2D eigenvalue weighted by molar-refractivity contribution is -0.124. The van der Waals surface area contributed by atoms with Gasteiger partial charge in [0.15, 0.2) is 0 Å². The van der Waals surface area contributed by atoms with Gasteiger partial charge in [-0.25, -0.2) is 0 Å². The van der Waals surface area contributed by atoms with E-state index in [-0.39, 0.29) is 11.9 Å². The van der Waals surface area contributed by atoms with Crippen molar-refractivity contribution in [3.63, 3.8) is 0 Å². The van der Waals surface area contributed by atoms with Crippen LogP contribution in [0.15, 0.2) is 0 Å². The molecule has 16 heavy (non-hydrogen) atoms. The van der Waals surface area contributed by atoms with Crippen LogP contribution in [0.4, 0.5) is 0 Å². The van der Waals surface area contributed by atoms with Gasteiger partial charge in [-0.1, -0.05) is 26.7 Å². The quantitative estimate of drug-likeness (QED) is 0.665. The number of carbonyl (C=O) groups is 1. The summed E-state index contributed by atoms with van der Waals surface area (Å²) in [7, 11) is 0. The van der Waals surface area contributed by atoms with Crippen molar-refractivity contribution < 1.29 is 9.90 Å². The smallest absolute Gasteiger partial charge is 0.237 e. The summed E-state index contributed by atoms with van der Waals surface area (Å²) in [6.07, 6.45) is 4.05. The Labute approximate surface area is 97.6 Å². The van der Waals surface area contributed by atoms with E-state index in [9.17, 15) is 9.90 Å². The van der Waals surface area contributed by atoms with Crippen LogP contribution in [0.3, 0.4) is 0 Å². The van der Waals surface area contributed by atoms with Crippen LogP contribution in [-0.4, -0.2) is 29.2 Å². The van der Waals surface area contributed by atoms with E-state index in [1.807, 2.05) is 13.8 Å². The van der Waals surface area contributed by atoms with Crippen LogP contribution in [0, 0.1) is 5.92 Å². The Morgan fingerprint density at radius 2 is 2.06 bits per heavy atom. The maximum absolute atomic E-state index is 11.7. The molecule has 1 aliphatic carbocycles. The van der Waals surface area contributed by atoms with Crippen LogP contribution < -0.4 is 11.1 Å². The van der Waals surface area contributed by atoms with Crippen LogP contribution in [0.25, 0.3) is 0 Å². The maximum atomic E-state index is 11.7. The van der Waals surface area contributed by atoms with Gasteiger partial charge in [0, 0.05) is 0 Å². The number of hydrogen-bond donors (Lipinski definition) is 3. The second kappa shape index (κ2) is 6.21. The number of amides is 1. The summed E-state index contributed by atoms with van der Waals surface area (Å²) in [5.74, 6) is 0.289. The summed E-state index contributed by atoms with van der Waals surface area (Å²) in [6.45, 7) is 4.09. The van der Waals surface area contributed by atoms with Crippen molar-refractivity contribution in [3.8, 4) is 0 Å². The van der Waals surface area contributed by atoms with Gasteiger partial charge < -0.3 is 16.2 Å². The highest BCUT2D eigenvalue weighted by Crippen LogP contribution is 2.18. The minimum Gasteiger partial charge on any atom is -0.391 e. The largest absolute Gasteiger partial charge is 0.391 e. The van der Waals surface area contributed by atoms with Crippen molar-refractivity contribution in [2.24, 2.45) is 11.7 Å². The van der Waals surface area contributed by atoms with Gasteiger partial charge in [-0.05, 0) is 25.2 Å². The van der Waals surface area contributed by atoms with Crippen molar-refractivity contribution in [1.29, 1.82) is 0 Å². The number of aliphatic hydroxyl groups is 1. The van der Waals surface area contributed by atoms with Crippen LogP contribution in [0.1, 0.15) is 46.0 Å². The second-order valence-corrected chi connectivity index (χ2v) is 5.20. The summed E-state index contributed by atoms with van der Waals surface area (Å²) in [6, 6.07) is -0.548. The average Bonchev–Trinajstić information content (AvgIpc) is 2.20. The van der Waals surface area contributed by atoms with Gasteiger partial charge in [-0.2, -0.15) is 0 Å². The summed E-state index contributed by atoms with van der Waals surface area (Å²) in [4.78, 5) is 11.7. The van der Waals surface area contributed by atoms with Gasteiger partial charge in [-0.15, -0.1) is 0 Å². The molecule has 3 atom stereocenters. The third-order valence-electron chi connectivity index (χ3n) is 3.12. The number of nitrogens with one attached hydrogen (secondary N) is 1. The van der Waals surface area contributed by atoms with E-state index in [0.29, 0.717) is 12.3 Å². The Bertz CT molecular complexity index is 231. The number of carbonyl (C=O) groups excluding carboxylic acids is 1. The highest BCUT2D eigenvalue weighted by molar-refractivity contribution is 5.81. The Morgan fingerprint density at radius 3 is 2.62 bits per heavy atom. The monoisotopic (exact) mass is 228 g/mol. The normalized spacial score (nSPS) is 27.8. The van der Waals surface area contributed by atoms with E-state index in [4.69, 9.17) is 5.73 Å². The molecule has 0 aromatic heterocycles. The molecule has 0 aliphatic heterocycles. The highest BCUT2D eigenvalue weighted by atomic mass is 16.3. The summed E-state index contributed by atoms with van der Waals surface area (Å²) < 4.78 is 0. The fraction of sp³-hybridized carbons (Fsp3) is 0.917. The van der Waals surface area contributed by atoms with E-state index in [2.05, 4.69) is 5.32 Å². The Morgan fingerprint density at radius 1 is 1.44 bits per heavy atom. The second-order valence-electron chi connectivity index (χ2n) is 5.20. The molecule has 1 rings (SSSR count). The van der Waals surface area contributed by atoms with Gasteiger partial charge in [0.05, 0.1) is 18.2 Å². The fourth-order valence-electron chi connectivity index (χ4n) is 2.18. The van der Waals surface area contributed by atoms with Gasteiger partial charge in [0.2, 0.25) is 5.91 Å². The molecule has 0 radical (unpaired) electrons. The summed E-state index contributed by atoms with van der Waals surface area (Å²) in [5.41, 5.74) is 5.79. The third kappa shape index (κ3) is 4.10. The maximum Gasteiger partial charge on any atom is 0.237 e. The van der Waals surface area contributed by atoms with E-state index < -0.39 is 12.1 Å². The molecular weight excluding hydrogens is 204 g/mol. The molecule has 0 unspecified atom stereocenters. The molecule has 1 amide bonds. The third-order valence-corrected chi connectivity index (χ3v) is 3.12. The number of rotatable bonds is 4. The van der Waals surface area contributed by atoms with Crippen molar-refractivity contribution in [1.82, 2.24) is 5.32 Å². The van der Waals surface area contributed by atoms with E-state index >= 15 is 0 Å². The molecule has 4 N–H and O–H groups in total. The summed E-state index contributed by atoms with van der Waals surface area (Å²) >= 11 is 0. The minimum atomic E-state index is -0.450. The first-order valence-corrected chi connectivity index (χ1v) is 6.24. The van der Waals surface area contributed by atoms with Crippen molar-refractivity contribution in [2.45, 2.75) is 64.1 Å². The van der Waals surface area contributed by atoms with Gasteiger partial charge >= 0.3 is 0 Å². The molecule has 0 spiro atoms. The number of nitrogens with two attached hydrogens (primary N) is 1. The number of aliphatic hydroxyl groups excluding tert-OH is 1. The molecule has 94 valence electrons. The van der Waals surface area contributed by atoms with Crippen molar-refractivity contribution >= 4 is 5.91 Å². The predicted octanol–water partition coefficient (Wildman–Crippen LogP) is 0.779. The molecule has 0 saturated heterocycles. The van der Waals surface area contributed by atoms with Crippen LogP contribution in [0.5, 0.6) is 0 Å². The molecular formula is C12H24N2O2. The molecule has 4 nitrogen and oxygen atoms in total. The molecule has 1 fully saturated rings. The Hall–Kier alpha value is -0.610. The highest BCUT2D eigenvalue weighted by Gasteiger charge is 2.26. The molecule has 0 heterocycles. The van der Waals surface area contributed by atoms with E-state index in [0.717, 1.165) is 25.7 Å². The predicted molar refractivity (Wildman–Crippen MR) is 63.8 cm³/mol. The topological polar surface area (TPSA) is 75.4 Å². The lowest BCUT2D eigenvalue weighted by atomic mass is 9.92. The minimum absolute atomic E-state index is 0.0977. The molecule has 0 aromatic carbocycles. The SMILES string of the molecule is CC(C)C[C@H](N)C(=O)N[C@@H]1CCCC[C@H]1O. The summed E-state index contributed by atoms with van der Waals surface area (Å²) in [5, 5.41) is 12.6. The average molecular weight is 228 g/mol. The standard InChI is InChI=1S/C12H24N2O2/c1-8(2)7-9(13)12(16)14-10-5-3-4-6-11(10)15/h8-11,15H,3-7,13H2,1-2H3,(H,14,16)/t9-,10+,11+/m0/s1. The zero-order valence-corrected chi connectivity index (χ0v) is 10.3. The van der Waals surface area contributed by atoms with Gasteiger partial charge in [-0.3, -0.25) is 4.79 Å². The van der Waals surface area contributed by atoms with Gasteiger partial charge in [0.25, 0.3) is 0 Å². The zero-order valence-electron chi connectivity index (χ0n) is 10.3. The first kappa shape index (κ1) is 13.5. The first-order valence-electron chi connectivity index (χ1n) is 6.24. The number of hydrogen-bond acceptors (Lipinski definition) is 3. The van der Waals surface area contributed by atoms with E-state index in [1.165, 1.54) is 0 Å². The molecule has 4 heteroatoms. The zero-order chi connectivity index (χ0) is 12.1. The molecule has 1 saturated carbocycles. The lowest BCUT2D eigenvalue weighted by Gasteiger charge is -2.29. The molecule has 0 bridgehead atoms. The van der Waals surface area contributed by atoms with Crippen LogP contribution >= 0.6 is 0 Å². The molecule has 0 aromatic rings. The Balaban J connectivity index is 2.37. The Kier molecular flexibility index (Phi) is 5.22. The van der Waals surface area contributed by atoms with Gasteiger partial charge in [0.1, 0.15) is 0 Å². The van der Waals surface area contributed by atoms with Crippen LogP contribution in [0.2, 0.25) is 0 Å². The van der Waals surface area contributed by atoms with E-state index in [1.54, 1.807) is 0 Å².